The number of alkyl carbamates (subject to hydrolysis) is 1. The summed E-state index contributed by atoms with van der Waals surface area (Å²) in [7, 11) is 0. The molecule has 8 heteroatoms. The number of nitrogens with one attached hydrogen (secondary N) is 1. The summed E-state index contributed by atoms with van der Waals surface area (Å²) in [4.78, 5) is 39.6. The molecule has 3 aromatic rings. The third kappa shape index (κ3) is 7.27. The number of cyclic esters (lactones) is 1. The highest BCUT2D eigenvalue weighted by Gasteiger charge is 2.40. The molecule has 2 aliphatic rings. The molecule has 0 bridgehead atoms. The molecule has 2 atom stereocenters. The first kappa shape index (κ1) is 26.2. The lowest BCUT2D eigenvalue weighted by molar-refractivity contribution is -0.139. The van der Waals surface area contributed by atoms with Gasteiger partial charge in [-0.2, -0.15) is 0 Å². The highest BCUT2D eigenvalue weighted by Crippen LogP contribution is 2.23. The molecule has 1 aromatic heterocycles. The van der Waals surface area contributed by atoms with Crippen molar-refractivity contribution in [3.63, 3.8) is 0 Å². The molecule has 0 saturated carbocycles. The number of amides is 3. The fourth-order valence-electron chi connectivity index (χ4n) is 3.42. The van der Waals surface area contributed by atoms with E-state index in [4.69, 9.17) is 9.47 Å². The Morgan fingerprint density at radius 2 is 1.72 bits per heavy atom. The van der Waals surface area contributed by atoms with E-state index in [0.717, 1.165) is 16.0 Å². The van der Waals surface area contributed by atoms with E-state index in [1.54, 1.807) is 36.7 Å². The molecule has 2 fully saturated rings. The lowest BCUT2D eigenvalue weighted by Gasteiger charge is -2.35. The molecule has 3 heterocycles. The predicted molar refractivity (Wildman–Crippen MR) is 136 cm³/mol. The molecule has 1 N–H and O–H groups in total. The SMILES string of the molecule is CC.O=C1C[C@@H](/C=C/c2cccnc2)N1C(=O)Oc1ccccc1.O=C1N[C@@H](c2ccccc2)CO1. The van der Waals surface area contributed by atoms with Crippen LogP contribution in [0.25, 0.3) is 6.08 Å². The maximum Gasteiger partial charge on any atom is 0.422 e. The first-order valence-electron chi connectivity index (χ1n) is 11.8. The molecule has 0 radical (unpaired) electrons. The maximum absolute atomic E-state index is 12.1. The van der Waals surface area contributed by atoms with Gasteiger partial charge in [0.25, 0.3) is 0 Å². The minimum Gasteiger partial charge on any atom is -0.447 e. The number of likely N-dealkylation sites (tertiary alicyclic amines) is 1. The van der Waals surface area contributed by atoms with Gasteiger partial charge < -0.3 is 14.8 Å². The van der Waals surface area contributed by atoms with E-state index >= 15 is 0 Å². The number of carbonyl (C=O) groups is 3. The van der Waals surface area contributed by atoms with Crippen LogP contribution >= 0.6 is 0 Å². The summed E-state index contributed by atoms with van der Waals surface area (Å²) < 4.78 is 9.96. The predicted octanol–water partition coefficient (Wildman–Crippen LogP) is 5.39. The Morgan fingerprint density at radius 1 is 1.03 bits per heavy atom. The van der Waals surface area contributed by atoms with Crippen LogP contribution < -0.4 is 10.1 Å². The number of hydrogen-bond acceptors (Lipinski definition) is 6. The summed E-state index contributed by atoms with van der Waals surface area (Å²) in [6, 6.07) is 21.9. The maximum atomic E-state index is 12.1. The zero-order valence-corrected chi connectivity index (χ0v) is 20.2. The van der Waals surface area contributed by atoms with E-state index in [1.165, 1.54) is 0 Å². The minimum atomic E-state index is -0.650. The lowest BCUT2D eigenvalue weighted by Crippen LogP contribution is -2.55. The largest absolute Gasteiger partial charge is 0.447 e. The molecular formula is C28H29N3O5. The van der Waals surface area contributed by atoms with Gasteiger partial charge in [-0.05, 0) is 29.3 Å². The molecule has 2 aromatic carbocycles. The van der Waals surface area contributed by atoms with Crippen molar-refractivity contribution < 1.29 is 23.9 Å². The second-order valence-electron chi connectivity index (χ2n) is 7.57. The summed E-state index contributed by atoms with van der Waals surface area (Å²) in [5.74, 6) is 0.184. The van der Waals surface area contributed by atoms with Crippen LogP contribution in [0.5, 0.6) is 5.75 Å². The molecule has 2 saturated heterocycles. The van der Waals surface area contributed by atoms with Gasteiger partial charge in [-0.3, -0.25) is 9.78 Å². The van der Waals surface area contributed by atoms with Crippen LogP contribution in [0.15, 0.2) is 91.3 Å². The van der Waals surface area contributed by atoms with E-state index in [-0.39, 0.29) is 24.1 Å². The van der Waals surface area contributed by atoms with Gasteiger partial charge in [0.1, 0.15) is 12.4 Å². The van der Waals surface area contributed by atoms with E-state index in [0.29, 0.717) is 18.8 Å². The van der Waals surface area contributed by atoms with Crippen LogP contribution in [0.4, 0.5) is 9.59 Å². The van der Waals surface area contributed by atoms with Crippen molar-refractivity contribution in [3.05, 3.63) is 102 Å². The molecule has 36 heavy (non-hydrogen) atoms. The molecule has 5 rings (SSSR count). The van der Waals surface area contributed by atoms with Gasteiger partial charge in [-0.15, -0.1) is 0 Å². The Kier molecular flexibility index (Phi) is 9.76. The number of nitrogens with zero attached hydrogens (tertiary/aromatic N) is 2. The van der Waals surface area contributed by atoms with Crippen molar-refractivity contribution in [1.82, 2.24) is 15.2 Å². The van der Waals surface area contributed by atoms with Gasteiger partial charge >= 0.3 is 12.2 Å². The Bertz CT molecular complexity index is 1150. The third-order valence-corrected chi connectivity index (χ3v) is 5.20. The molecular weight excluding hydrogens is 458 g/mol. The normalized spacial score (nSPS) is 18.0. The molecule has 0 aliphatic carbocycles. The van der Waals surface area contributed by atoms with Crippen LogP contribution in [-0.2, 0) is 9.53 Å². The van der Waals surface area contributed by atoms with Crippen molar-refractivity contribution in [2.45, 2.75) is 32.4 Å². The van der Waals surface area contributed by atoms with E-state index in [2.05, 4.69) is 10.3 Å². The van der Waals surface area contributed by atoms with Crippen LogP contribution in [0.2, 0.25) is 0 Å². The minimum absolute atomic E-state index is 0.0266. The summed E-state index contributed by atoms with van der Waals surface area (Å²) in [6.45, 7) is 4.43. The number of rotatable bonds is 4. The van der Waals surface area contributed by atoms with Crippen LogP contribution in [0.3, 0.4) is 0 Å². The van der Waals surface area contributed by atoms with E-state index in [9.17, 15) is 14.4 Å². The van der Waals surface area contributed by atoms with E-state index < -0.39 is 6.09 Å². The van der Waals surface area contributed by atoms with Gasteiger partial charge in [-0.25, -0.2) is 14.5 Å². The average molecular weight is 488 g/mol. The summed E-state index contributed by atoms with van der Waals surface area (Å²) >= 11 is 0. The molecule has 8 nitrogen and oxygen atoms in total. The monoisotopic (exact) mass is 487 g/mol. The number of hydrogen-bond donors (Lipinski definition) is 1. The van der Waals surface area contributed by atoms with Crippen LogP contribution in [-0.4, -0.2) is 40.6 Å². The van der Waals surface area contributed by atoms with Gasteiger partial charge in [-0.1, -0.05) is 80.6 Å². The number of β-lactam (4-membered cyclic amide) rings is 1. The molecule has 0 spiro atoms. The second-order valence-corrected chi connectivity index (χ2v) is 7.57. The van der Waals surface area contributed by atoms with Crippen molar-refractivity contribution in [2.24, 2.45) is 0 Å². The van der Waals surface area contributed by atoms with Gasteiger partial charge in [0.05, 0.1) is 18.5 Å². The Morgan fingerprint density at radius 3 is 2.31 bits per heavy atom. The summed E-state index contributed by atoms with van der Waals surface area (Å²) in [5.41, 5.74) is 2.00. The third-order valence-electron chi connectivity index (χ3n) is 5.20. The number of ether oxygens (including phenoxy) is 2. The summed E-state index contributed by atoms with van der Waals surface area (Å²) in [5, 5.41) is 2.71. The van der Waals surface area contributed by atoms with Crippen molar-refractivity contribution >= 4 is 24.2 Å². The van der Waals surface area contributed by atoms with Crippen molar-refractivity contribution in [3.8, 4) is 5.75 Å². The number of imide groups is 1. The highest BCUT2D eigenvalue weighted by molar-refractivity contribution is 5.99. The Labute approximate surface area is 210 Å². The standard InChI is InChI=1S/C17H14N2O3.C9H9NO2.C2H6/c20-16-11-14(9-8-13-5-4-10-18-12-13)19(16)17(21)22-15-6-2-1-3-7-15;11-9-10-8(6-12-9)7-4-2-1-3-5-7;1-2/h1-10,12,14H,11H2;1-5,8H,6H2,(H,10,11);1-2H3/b9-8+;;/t14-;8-;/m11./s1. The fourth-order valence-corrected chi connectivity index (χ4v) is 3.42. The molecule has 186 valence electrons. The number of carbonyl (C=O) groups excluding carboxylic acids is 3. The number of para-hydroxylation sites is 1. The first-order chi connectivity index (χ1) is 17.6. The van der Waals surface area contributed by atoms with Gasteiger partial charge in [0, 0.05) is 12.4 Å². The summed E-state index contributed by atoms with van der Waals surface area (Å²) in [6.07, 6.45) is 6.38. The smallest absolute Gasteiger partial charge is 0.422 e. The Balaban J connectivity index is 0.000000217. The lowest BCUT2D eigenvalue weighted by atomic mass is 10.0. The van der Waals surface area contributed by atoms with Crippen LogP contribution in [0, 0.1) is 0 Å². The molecule has 2 aliphatic heterocycles. The van der Waals surface area contributed by atoms with Gasteiger partial charge in [0.2, 0.25) is 5.91 Å². The quantitative estimate of drug-likeness (QED) is 0.496. The number of aromatic nitrogens is 1. The van der Waals surface area contributed by atoms with Crippen molar-refractivity contribution in [1.29, 1.82) is 0 Å². The zero-order chi connectivity index (χ0) is 25.8. The number of benzene rings is 2. The van der Waals surface area contributed by atoms with Crippen molar-refractivity contribution in [2.75, 3.05) is 6.61 Å². The fraction of sp³-hybridized carbons (Fsp3) is 0.214. The Hall–Kier alpha value is -4.46. The topological polar surface area (TPSA) is 97.8 Å². The second kappa shape index (κ2) is 13.4. The van der Waals surface area contributed by atoms with Gasteiger partial charge in [0.15, 0.2) is 0 Å². The number of pyridine rings is 1. The average Bonchev–Trinajstić information content (AvgIpc) is 3.36. The van der Waals surface area contributed by atoms with E-state index in [1.807, 2.05) is 74.5 Å². The van der Waals surface area contributed by atoms with Crippen LogP contribution in [0.1, 0.15) is 37.4 Å². The first-order valence-corrected chi connectivity index (χ1v) is 11.8. The zero-order valence-electron chi connectivity index (χ0n) is 20.2. The molecule has 0 unspecified atom stereocenters. The molecule has 3 amide bonds. The highest BCUT2D eigenvalue weighted by atomic mass is 16.6.